The summed E-state index contributed by atoms with van der Waals surface area (Å²) >= 11 is 0. The maximum atomic E-state index is 5.43. The van der Waals surface area contributed by atoms with Gasteiger partial charge in [-0.3, -0.25) is 0 Å². The third-order valence-electron chi connectivity index (χ3n) is 3.23. The van der Waals surface area contributed by atoms with E-state index < -0.39 is 0 Å². The zero-order chi connectivity index (χ0) is 15.5. The van der Waals surface area contributed by atoms with Gasteiger partial charge in [-0.15, -0.1) is 0 Å². The van der Waals surface area contributed by atoms with Crippen molar-refractivity contribution in [1.29, 1.82) is 0 Å². The quantitative estimate of drug-likeness (QED) is 0.454. The fourth-order valence-electron chi connectivity index (χ4n) is 1.96. The molecule has 4 heteroatoms. The molecule has 0 spiro atoms. The van der Waals surface area contributed by atoms with Crippen LogP contribution in [0.25, 0.3) is 0 Å². The zero-order valence-corrected chi connectivity index (χ0v) is 14.1. The van der Waals surface area contributed by atoms with Crippen LogP contribution in [-0.4, -0.2) is 45.2 Å². The van der Waals surface area contributed by atoms with E-state index in [-0.39, 0.29) is 0 Å². The van der Waals surface area contributed by atoms with Crippen molar-refractivity contribution in [2.75, 3.05) is 40.3 Å². The molecule has 0 unspecified atom stereocenters. The van der Waals surface area contributed by atoms with Crippen molar-refractivity contribution in [2.45, 2.75) is 64.2 Å². The van der Waals surface area contributed by atoms with E-state index in [1.54, 1.807) is 0 Å². The molecule has 0 amide bonds. The van der Waals surface area contributed by atoms with Gasteiger partial charge in [0.25, 0.3) is 0 Å². The van der Waals surface area contributed by atoms with Crippen LogP contribution in [0.4, 0.5) is 0 Å². The minimum atomic E-state index is 0.757. The second kappa shape index (κ2) is 21.1. The molecule has 0 aliphatic heterocycles. The summed E-state index contributed by atoms with van der Waals surface area (Å²) in [6, 6.07) is 0. The van der Waals surface area contributed by atoms with Gasteiger partial charge >= 0.3 is 0 Å². The molecule has 0 aliphatic carbocycles. The number of nitrogens with zero attached hydrogens (tertiary/aromatic N) is 1. The Morgan fingerprint density at radius 3 is 0.950 bits per heavy atom. The predicted octanol–water partition coefficient (Wildman–Crippen LogP) is 2.31. The average Bonchev–Trinajstić information content (AvgIpc) is 2.41. The molecule has 0 saturated heterocycles. The van der Waals surface area contributed by atoms with Crippen LogP contribution in [0.1, 0.15) is 64.2 Å². The summed E-state index contributed by atoms with van der Waals surface area (Å²) in [5, 5.41) is 0. The van der Waals surface area contributed by atoms with E-state index in [0.29, 0.717) is 0 Å². The minimum Gasteiger partial charge on any atom is -0.330 e. The Balaban J connectivity index is 0. The molecule has 0 heterocycles. The third kappa shape index (κ3) is 26.4. The first-order valence-electron chi connectivity index (χ1n) is 8.44. The standard InChI is InChI=1S/C12H28N2.C4H12N2/c13-11-9-7-5-3-1-2-4-6-8-10-12-14;1-6(2)4-3-5/h1-14H2;3-5H2,1-2H3. The molecule has 0 fully saturated rings. The molecule has 0 saturated carbocycles. The van der Waals surface area contributed by atoms with Crippen LogP contribution in [0, 0.1) is 0 Å². The summed E-state index contributed by atoms with van der Waals surface area (Å²) in [5.41, 5.74) is 16.0. The van der Waals surface area contributed by atoms with E-state index in [9.17, 15) is 0 Å². The summed E-state index contributed by atoms with van der Waals surface area (Å²) in [6.45, 7) is 3.46. The number of unbranched alkanes of at least 4 members (excludes halogenated alkanes) is 9. The largest absolute Gasteiger partial charge is 0.330 e. The predicted molar refractivity (Wildman–Crippen MR) is 91.9 cm³/mol. The first-order valence-corrected chi connectivity index (χ1v) is 8.44. The van der Waals surface area contributed by atoms with E-state index in [2.05, 4.69) is 4.90 Å². The van der Waals surface area contributed by atoms with Crippen molar-refractivity contribution in [2.24, 2.45) is 17.2 Å². The highest BCUT2D eigenvalue weighted by Gasteiger charge is 1.91. The van der Waals surface area contributed by atoms with Crippen LogP contribution in [0.2, 0.25) is 0 Å². The van der Waals surface area contributed by atoms with E-state index >= 15 is 0 Å². The molecule has 0 aromatic heterocycles. The van der Waals surface area contributed by atoms with Gasteiger partial charge in [-0.1, -0.05) is 51.4 Å². The maximum Gasteiger partial charge on any atom is 0.00985 e. The lowest BCUT2D eigenvalue weighted by atomic mass is 10.1. The van der Waals surface area contributed by atoms with E-state index in [0.717, 1.165) is 26.2 Å². The van der Waals surface area contributed by atoms with Gasteiger partial charge in [-0.25, -0.2) is 0 Å². The number of rotatable bonds is 13. The lowest BCUT2D eigenvalue weighted by Crippen LogP contribution is -2.20. The molecular weight excluding hydrogens is 248 g/mol. The van der Waals surface area contributed by atoms with Gasteiger partial charge in [0.2, 0.25) is 0 Å². The number of hydrogen-bond donors (Lipinski definition) is 3. The van der Waals surface area contributed by atoms with Gasteiger partial charge in [0.05, 0.1) is 0 Å². The molecule has 6 N–H and O–H groups in total. The van der Waals surface area contributed by atoms with Crippen molar-refractivity contribution in [1.82, 2.24) is 4.90 Å². The Labute approximate surface area is 127 Å². The zero-order valence-electron chi connectivity index (χ0n) is 14.1. The van der Waals surface area contributed by atoms with Crippen LogP contribution >= 0.6 is 0 Å². The lowest BCUT2D eigenvalue weighted by molar-refractivity contribution is 0.420. The van der Waals surface area contributed by atoms with Gasteiger partial charge in [0, 0.05) is 13.1 Å². The fourth-order valence-corrected chi connectivity index (χ4v) is 1.96. The summed E-state index contributed by atoms with van der Waals surface area (Å²) < 4.78 is 0. The van der Waals surface area contributed by atoms with E-state index in [1.165, 1.54) is 64.2 Å². The Hall–Kier alpha value is -0.160. The van der Waals surface area contributed by atoms with Crippen molar-refractivity contribution < 1.29 is 0 Å². The smallest absolute Gasteiger partial charge is 0.00985 e. The molecule has 0 atom stereocenters. The second-order valence-electron chi connectivity index (χ2n) is 5.70. The summed E-state index contributed by atoms with van der Waals surface area (Å²) in [5.74, 6) is 0. The number of hydrogen-bond acceptors (Lipinski definition) is 4. The van der Waals surface area contributed by atoms with Crippen LogP contribution in [-0.2, 0) is 0 Å². The SMILES string of the molecule is CN(C)CCN.NCCCCCCCCCCCCN. The maximum absolute atomic E-state index is 5.43. The first kappa shape index (κ1) is 22.1. The number of nitrogens with two attached hydrogens (primary N) is 3. The summed E-state index contributed by atoms with van der Waals surface area (Å²) in [6.07, 6.45) is 13.4. The Kier molecular flexibility index (Phi) is 23.4. The molecule has 0 aliphatic rings. The van der Waals surface area contributed by atoms with Crippen molar-refractivity contribution >= 4 is 0 Å². The Bertz CT molecular complexity index is 139. The average molecular weight is 289 g/mol. The van der Waals surface area contributed by atoms with Crippen molar-refractivity contribution in [3.8, 4) is 0 Å². The van der Waals surface area contributed by atoms with Crippen molar-refractivity contribution in [3.05, 3.63) is 0 Å². The molecule has 0 aromatic carbocycles. The molecule has 0 aromatic rings. The van der Waals surface area contributed by atoms with Crippen LogP contribution in [0.5, 0.6) is 0 Å². The highest BCUT2D eigenvalue weighted by Crippen LogP contribution is 2.09. The lowest BCUT2D eigenvalue weighted by Gasteiger charge is -2.03. The Morgan fingerprint density at radius 2 is 0.800 bits per heavy atom. The second-order valence-corrected chi connectivity index (χ2v) is 5.70. The van der Waals surface area contributed by atoms with Gasteiger partial charge in [0.15, 0.2) is 0 Å². The van der Waals surface area contributed by atoms with Crippen molar-refractivity contribution in [3.63, 3.8) is 0 Å². The molecule has 0 bridgehead atoms. The number of likely N-dealkylation sites (N-methyl/N-ethyl adjacent to an activating group) is 1. The minimum absolute atomic E-state index is 0.757. The van der Waals surface area contributed by atoms with E-state index in [4.69, 9.17) is 17.2 Å². The molecule has 0 rings (SSSR count). The first-order chi connectivity index (χ1) is 9.68. The van der Waals surface area contributed by atoms with Gasteiger partial charge < -0.3 is 22.1 Å². The van der Waals surface area contributed by atoms with Crippen LogP contribution < -0.4 is 17.2 Å². The molecule has 0 radical (unpaired) electrons. The Morgan fingerprint density at radius 1 is 0.500 bits per heavy atom. The van der Waals surface area contributed by atoms with Crippen LogP contribution in [0.15, 0.2) is 0 Å². The normalized spacial score (nSPS) is 10.5. The fraction of sp³-hybridized carbons (Fsp3) is 1.00. The molecule has 20 heavy (non-hydrogen) atoms. The van der Waals surface area contributed by atoms with E-state index in [1.807, 2.05) is 14.1 Å². The van der Waals surface area contributed by atoms with Gasteiger partial charge in [-0.05, 0) is 40.0 Å². The topological polar surface area (TPSA) is 81.3 Å². The molecular formula is C16H40N4. The third-order valence-corrected chi connectivity index (χ3v) is 3.23. The van der Waals surface area contributed by atoms with Gasteiger partial charge in [-0.2, -0.15) is 0 Å². The molecule has 4 nitrogen and oxygen atoms in total. The highest BCUT2D eigenvalue weighted by molar-refractivity contribution is 4.48. The van der Waals surface area contributed by atoms with Crippen LogP contribution in [0.3, 0.4) is 0 Å². The monoisotopic (exact) mass is 288 g/mol. The van der Waals surface area contributed by atoms with Gasteiger partial charge in [0.1, 0.15) is 0 Å². The summed E-state index contributed by atoms with van der Waals surface area (Å²) in [4.78, 5) is 2.06. The summed E-state index contributed by atoms with van der Waals surface area (Å²) in [7, 11) is 4.01. The molecule has 124 valence electrons. The highest BCUT2D eigenvalue weighted by atomic mass is 15.1.